The molecule has 2 heterocycles. The van der Waals surface area contributed by atoms with E-state index in [4.69, 9.17) is 14.2 Å². The number of esters is 2. The molecule has 9 nitrogen and oxygen atoms in total. The van der Waals surface area contributed by atoms with Gasteiger partial charge in [0.25, 0.3) is 5.56 Å². The Kier molecular flexibility index (Phi) is 5.12. The lowest BCUT2D eigenvalue weighted by Gasteiger charge is -2.31. The number of aromatic amines is 1. The van der Waals surface area contributed by atoms with Gasteiger partial charge in [-0.05, 0) is 12.2 Å². The minimum Gasteiger partial charge on any atom is -0.463 e. The quantitative estimate of drug-likeness (QED) is 0.585. The van der Waals surface area contributed by atoms with Crippen molar-refractivity contribution in [3.8, 4) is 0 Å². The van der Waals surface area contributed by atoms with Crippen LogP contribution in [0.2, 0.25) is 0 Å². The molecule has 1 aliphatic heterocycles. The average Bonchev–Trinajstić information content (AvgIpc) is 2.46. The van der Waals surface area contributed by atoms with Crippen LogP contribution in [0.5, 0.6) is 0 Å². The van der Waals surface area contributed by atoms with E-state index in [9.17, 15) is 19.2 Å². The smallest absolute Gasteiger partial charge is 0.330 e. The summed E-state index contributed by atoms with van der Waals surface area (Å²) in [6, 6.07) is 1.18. The third-order valence-electron chi connectivity index (χ3n) is 3.02. The first kappa shape index (κ1) is 16.7. The molecule has 0 unspecified atom stereocenters. The lowest BCUT2D eigenvalue weighted by molar-refractivity contribution is -0.168. The Hall–Kier alpha value is -2.68. The number of hydrogen-bond acceptors (Lipinski definition) is 7. The van der Waals surface area contributed by atoms with Gasteiger partial charge in [-0.3, -0.25) is 23.9 Å². The predicted octanol–water partition coefficient (Wildman–Crippen LogP) is -0.515. The molecule has 1 aromatic rings. The summed E-state index contributed by atoms with van der Waals surface area (Å²) in [6.07, 6.45) is 1.98. The minimum absolute atomic E-state index is 0.147. The predicted molar refractivity (Wildman–Crippen MR) is 76.6 cm³/mol. The number of H-pyrrole nitrogens is 1. The van der Waals surface area contributed by atoms with E-state index in [0.717, 1.165) is 4.57 Å². The third-order valence-corrected chi connectivity index (χ3v) is 3.02. The topological polar surface area (TPSA) is 117 Å². The fraction of sp³-hybridized carbons (Fsp3) is 0.429. The van der Waals surface area contributed by atoms with Gasteiger partial charge >= 0.3 is 17.6 Å². The van der Waals surface area contributed by atoms with Crippen molar-refractivity contribution in [1.29, 1.82) is 0 Å². The molecule has 0 fully saturated rings. The summed E-state index contributed by atoms with van der Waals surface area (Å²) in [5.41, 5.74) is -1.18. The second-order valence-corrected chi connectivity index (χ2v) is 4.84. The van der Waals surface area contributed by atoms with Crippen molar-refractivity contribution in [2.45, 2.75) is 32.3 Å². The van der Waals surface area contributed by atoms with Crippen molar-refractivity contribution in [2.24, 2.45) is 0 Å². The Morgan fingerprint density at radius 1 is 1.26 bits per heavy atom. The summed E-state index contributed by atoms with van der Waals surface area (Å²) < 4.78 is 16.8. The molecule has 0 bridgehead atoms. The first-order valence-electron chi connectivity index (χ1n) is 6.82. The van der Waals surface area contributed by atoms with Crippen LogP contribution < -0.4 is 11.2 Å². The van der Waals surface area contributed by atoms with Crippen LogP contribution in [0.25, 0.3) is 0 Å². The highest BCUT2D eigenvalue weighted by molar-refractivity contribution is 5.66. The number of rotatable bonds is 4. The fourth-order valence-electron chi connectivity index (χ4n) is 2.06. The van der Waals surface area contributed by atoms with Crippen molar-refractivity contribution in [3.63, 3.8) is 0 Å². The molecule has 124 valence electrons. The molecule has 3 atom stereocenters. The van der Waals surface area contributed by atoms with Crippen LogP contribution in [-0.2, 0) is 23.8 Å². The highest BCUT2D eigenvalue weighted by Gasteiger charge is 2.31. The Morgan fingerprint density at radius 2 is 2.00 bits per heavy atom. The van der Waals surface area contributed by atoms with Crippen LogP contribution >= 0.6 is 0 Å². The first-order valence-corrected chi connectivity index (χ1v) is 6.82. The second-order valence-electron chi connectivity index (χ2n) is 4.84. The molecule has 9 heteroatoms. The van der Waals surface area contributed by atoms with Crippen LogP contribution in [-0.4, -0.2) is 40.3 Å². The molecule has 0 spiro atoms. The van der Waals surface area contributed by atoms with E-state index in [0.29, 0.717) is 0 Å². The molecule has 1 N–H and O–H groups in total. The number of carbonyl (C=O) groups excluding carboxylic acids is 2. The maximum absolute atomic E-state index is 11.8. The van der Waals surface area contributed by atoms with Crippen LogP contribution in [0.4, 0.5) is 0 Å². The molecule has 23 heavy (non-hydrogen) atoms. The number of aromatic nitrogens is 2. The third kappa shape index (κ3) is 4.39. The Balaban J connectivity index is 2.23. The van der Waals surface area contributed by atoms with Gasteiger partial charge in [0.15, 0.2) is 6.23 Å². The Morgan fingerprint density at radius 3 is 2.61 bits per heavy atom. The first-order chi connectivity index (χ1) is 10.9. The summed E-state index contributed by atoms with van der Waals surface area (Å²) >= 11 is 0. The summed E-state index contributed by atoms with van der Waals surface area (Å²) in [7, 11) is 0. The zero-order valence-corrected chi connectivity index (χ0v) is 12.6. The maximum Gasteiger partial charge on any atom is 0.330 e. The molecular weight excluding hydrogens is 308 g/mol. The Labute approximate surface area is 130 Å². The van der Waals surface area contributed by atoms with Crippen molar-refractivity contribution in [1.82, 2.24) is 9.55 Å². The molecule has 0 aromatic carbocycles. The van der Waals surface area contributed by atoms with E-state index in [2.05, 4.69) is 4.98 Å². The van der Waals surface area contributed by atoms with Gasteiger partial charge in [-0.15, -0.1) is 0 Å². The monoisotopic (exact) mass is 324 g/mol. The number of nitrogens with one attached hydrogen (secondary N) is 1. The molecule has 0 radical (unpaired) electrons. The van der Waals surface area contributed by atoms with Gasteiger partial charge < -0.3 is 14.2 Å². The van der Waals surface area contributed by atoms with Gasteiger partial charge in [0, 0.05) is 26.1 Å². The zero-order valence-electron chi connectivity index (χ0n) is 12.6. The molecule has 0 saturated carbocycles. The normalized spacial score (nSPS) is 23.3. The van der Waals surface area contributed by atoms with Gasteiger partial charge in [-0.1, -0.05) is 0 Å². The largest absolute Gasteiger partial charge is 0.463 e. The van der Waals surface area contributed by atoms with Crippen molar-refractivity contribution in [3.05, 3.63) is 45.3 Å². The zero-order chi connectivity index (χ0) is 17.0. The molecule has 0 saturated heterocycles. The summed E-state index contributed by atoms with van der Waals surface area (Å²) in [5.74, 6) is -1.03. The van der Waals surface area contributed by atoms with E-state index in [1.165, 1.54) is 32.2 Å². The van der Waals surface area contributed by atoms with Crippen LogP contribution in [0.1, 0.15) is 20.1 Å². The molecular formula is C14H16N2O7. The standard InChI is InChI=1S/C14H16N2O7/c1-8(17)21-7-11-10(22-9(2)18)3-4-13(23-11)16-6-5-12(19)15-14(16)20/h3-6,10-11,13H,7H2,1-2H3,(H,15,19,20)/t10-,11+,13+/m0/s1. The van der Waals surface area contributed by atoms with Gasteiger partial charge in [0.1, 0.15) is 18.8 Å². The number of carbonyl (C=O) groups is 2. The minimum atomic E-state index is -0.827. The van der Waals surface area contributed by atoms with Gasteiger partial charge in [-0.2, -0.15) is 0 Å². The SMILES string of the molecule is CC(=O)OC[C@H]1O[C@@H](n2ccc(=O)[nH]c2=O)C=C[C@@H]1OC(C)=O. The van der Waals surface area contributed by atoms with Gasteiger partial charge in [-0.25, -0.2) is 4.79 Å². The van der Waals surface area contributed by atoms with Crippen molar-refractivity contribution >= 4 is 11.9 Å². The van der Waals surface area contributed by atoms with E-state index >= 15 is 0 Å². The molecule has 0 amide bonds. The molecule has 0 aliphatic carbocycles. The summed E-state index contributed by atoms with van der Waals surface area (Å²) in [4.78, 5) is 47.1. The second kappa shape index (κ2) is 7.05. The van der Waals surface area contributed by atoms with Gasteiger partial charge in [0.2, 0.25) is 0 Å². The fourth-order valence-corrected chi connectivity index (χ4v) is 2.06. The summed E-state index contributed by atoms with van der Waals surface area (Å²) in [5, 5.41) is 0. The van der Waals surface area contributed by atoms with Crippen LogP contribution in [0, 0.1) is 0 Å². The lowest BCUT2D eigenvalue weighted by atomic mass is 10.1. The summed E-state index contributed by atoms with van der Waals surface area (Å²) in [6.45, 7) is 2.34. The van der Waals surface area contributed by atoms with Crippen LogP contribution in [0.3, 0.4) is 0 Å². The number of ether oxygens (including phenoxy) is 3. The Bertz CT molecular complexity index is 733. The maximum atomic E-state index is 11.8. The molecule has 2 rings (SSSR count). The number of hydrogen-bond donors (Lipinski definition) is 1. The lowest BCUT2D eigenvalue weighted by Crippen LogP contribution is -2.42. The van der Waals surface area contributed by atoms with E-state index < -0.39 is 41.6 Å². The van der Waals surface area contributed by atoms with Crippen molar-refractivity contribution in [2.75, 3.05) is 6.61 Å². The van der Waals surface area contributed by atoms with E-state index in [1.807, 2.05) is 0 Å². The van der Waals surface area contributed by atoms with Gasteiger partial charge in [0.05, 0.1) is 0 Å². The van der Waals surface area contributed by atoms with Crippen molar-refractivity contribution < 1.29 is 23.8 Å². The molecule has 1 aliphatic rings. The van der Waals surface area contributed by atoms with E-state index in [1.54, 1.807) is 6.08 Å². The van der Waals surface area contributed by atoms with Crippen LogP contribution in [0.15, 0.2) is 34.0 Å². The average molecular weight is 324 g/mol. The highest BCUT2D eigenvalue weighted by atomic mass is 16.6. The number of nitrogens with zero attached hydrogens (tertiary/aromatic N) is 1. The highest BCUT2D eigenvalue weighted by Crippen LogP contribution is 2.22. The molecule has 1 aromatic heterocycles. The van der Waals surface area contributed by atoms with E-state index in [-0.39, 0.29) is 6.61 Å².